The number of nitrogens with zero attached hydrogens (tertiary/aromatic N) is 2. The number of sulfonamides is 1. The third-order valence-corrected chi connectivity index (χ3v) is 6.66. The molecule has 2 N–H and O–H groups in total. The summed E-state index contributed by atoms with van der Waals surface area (Å²) in [5.41, 5.74) is 6.08. The van der Waals surface area contributed by atoms with E-state index in [0.717, 1.165) is 19.4 Å². The number of thiophene rings is 1. The molecule has 102 valence electrons. The molecule has 0 aliphatic carbocycles. The van der Waals surface area contributed by atoms with Crippen molar-refractivity contribution in [3.8, 4) is 0 Å². The van der Waals surface area contributed by atoms with E-state index in [-0.39, 0.29) is 0 Å². The topological polar surface area (TPSA) is 66.6 Å². The average Bonchev–Trinajstić information content (AvgIpc) is 2.89. The van der Waals surface area contributed by atoms with Crippen molar-refractivity contribution in [3.05, 3.63) is 11.4 Å². The fraction of sp³-hybridized carbons (Fsp3) is 0.636. The first-order valence-corrected chi connectivity index (χ1v) is 8.24. The number of likely N-dealkylation sites (N-methyl/N-ethyl adjacent to an activating group) is 2. The lowest BCUT2D eigenvalue weighted by atomic mass is 10.2. The smallest absolute Gasteiger partial charge is 0.252 e. The Balaban J connectivity index is 2.10. The maximum Gasteiger partial charge on any atom is 0.252 e. The van der Waals surface area contributed by atoms with Crippen molar-refractivity contribution in [2.45, 2.75) is 23.1 Å². The Morgan fingerprint density at radius 1 is 1.61 bits per heavy atom. The molecular weight excluding hydrogens is 270 g/mol. The molecule has 0 amide bonds. The van der Waals surface area contributed by atoms with Crippen LogP contribution in [0.25, 0.3) is 0 Å². The van der Waals surface area contributed by atoms with Crippen LogP contribution in [-0.2, 0) is 10.0 Å². The van der Waals surface area contributed by atoms with E-state index in [1.807, 2.05) is 7.05 Å². The third-order valence-electron chi connectivity index (χ3n) is 3.40. The van der Waals surface area contributed by atoms with Crippen molar-refractivity contribution in [3.63, 3.8) is 0 Å². The average molecular weight is 289 g/mol. The summed E-state index contributed by atoms with van der Waals surface area (Å²) >= 11 is 1.18. The van der Waals surface area contributed by atoms with E-state index in [0.29, 0.717) is 22.5 Å². The quantitative estimate of drug-likeness (QED) is 0.899. The minimum atomic E-state index is -3.38. The SMILES string of the molecule is CN1CCCC1CN(C)S(=O)(=O)c1cc(N)cs1. The third kappa shape index (κ3) is 2.69. The van der Waals surface area contributed by atoms with Gasteiger partial charge < -0.3 is 10.6 Å². The number of hydrogen-bond acceptors (Lipinski definition) is 5. The molecule has 1 atom stereocenters. The van der Waals surface area contributed by atoms with Gasteiger partial charge in [-0.2, -0.15) is 4.31 Å². The fourth-order valence-corrected chi connectivity index (χ4v) is 4.72. The largest absolute Gasteiger partial charge is 0.398 e. The molecule has 7 heteroatoms. The Kier molecular flexibility index (Phi) is 3.96. The Morgan fingerprint density at radius 2 is 2.33 bits per heavy atom. The van der Waals surface area contributed by atoms with Gasteiger partial charge in [-0.3, -0.25) is 0 Å². The first-order valence-electron chi connectivity index (χ1n) is 5.92. The van der Waals surface area contributed by atoms with E-state index in [4.69, 9.17) is 5.73 Å². The van der Waals surface area contributed by atoms with Gasteiger partial charge in [-0.15, -0.1) is 11.3 Å². The summed E-state index contributed by atoms with van der Waals surface area (Å²) in [6.45, 7) is 1.58. The summed E-state index contributed by atoms with van der Waals surface area (Å²) < 4.78 is 26.4. The summed E-state index contributed by atoms with van der Waals surface area (Å²) in [6.07, 6.45) is 2.20. The molecule has 0 radical (unpaired) electrons. The van der Waals surface area contributed by atoms with Crippen LogP contribution in [0.1, 0.15) is 12.8 Å². The van der Waals surface area contributed by atoms with Gasteiger partial charge in [0, 0.05) is 30.7 Å². The second-order valence-electron chi connectivity index (χ2n) is 4.76. The molecular formula is C11H19N3O2S2. The van der Waals surface area contributed by atoms with E-state index in [2.05, 4.69) is 4.90 Å². The number of hydrogen-bond donors (Lipinski definition) is 1. The summed E-state index contributed by atoms with van der Waals surface area (Å²) in [6, 6.07) is 1.84. The molecule has 1 aliphatic heterocycles. The molecule has 0 spiro atoms. The number of nitrogen functional groups attached to an aromatic ring is 1. The van der Waals surface area contributed by atoms with Crippen LogP contribution < -0.4 is 5.73 Å². The van der Waals surface area contributed by atoms with Gasteiger partial charge in [0.05, 0.1) is 0 Å². The van der Waals surface area contributed by atoms with E-state index < -0.39 is 10.0 Å². The van der Waals surface area contributed by atoms with Crippen LogP contribution in [-0.4, -0.2) is 50.8 Å². The molecule has 1 saturated heterocycles. The lowest BCUT2D eigenvalue weighted by Crippen LogP contribution is -2.39. The van der Waals surface area contributed by atoms with Gasteiger partial charge in [0.25, 0.3) is 10.0 Å². The van der Waals surface area contributed by atoms with Crippen molar-refractivity contribution in [2.24, 2.45) is 0 Å². The lowest BCUT2D eigenvalue weighted by molar-refractivity contribution is 0.271. The van der Waals surface area contributed by atoms with Crippen LogP contribution in [0.2, 0.25) is 0 Å². The van der Waals surface area contributed by atoms with Gasteiger partial charge in [-0.05, 0) is 32.5 Å². The van der Waals surface area contributed by atoms with E-state index in [1.54, 1.807) is 12.4 Å². The number of likely N-dealkylation sites (tertiary alicyclic amines) is 1. The van der Waals surface area contributed by atoms with E-state index in [1.165, 1.54) is 21.7 Å². The zero-order valence-electron chi connectivity index (χ0n) is 10.7. The predicted molar refractivity (Wildman–Crippen MR) is 74.2 cm³/mol. The number of anilines is 1. The van der Waals surface area contributed by atoms with Crippen LogP contribution in [0.3, 0.4) is 0 Å². The van der Waals surface area contributed by atoms with E-state index >= 15 is 0 Å². The maximum atomic E-state index is 12.3. The standard InChI is InChI=1S/C11H19N3O2S2/c1-13-5-3-4-10(13)7-14(2)18(15,16)11-6-9(12)8-17-11/h6,8,10H,3-5,7,12H2,1-2H3. The molecule has 18 heavy (non-hydrogen) atoms. The Hall–Kier alpha value is -0.630. The normalized spacial score (nSPS) is 21.8. The number of rotatable bonds is 4. The minimum absolute atomic E-state index is 0.321. The summed E-state index contributed by atoms with van der Waals surface area (Å²) in [4.78, 5) is 2.22. The first kappa shape index (κ1) is 13.8. The molecule has 1 aromatic heterocycles. The molecule has 1 aromatic rings. The fourth-order valence-electron chi connectivity index (χ4n) is 2.22. The van der Waals surface area contributed by atoms with Crippen molar-refractivity contribution in [1.29, 1.82) is 0 Å². The van der Waals surface area contributed by atoms with Gasteiger partial charge in [0.1, 0.15) is 4.21 Å². The molecule has 1 unspecified atom stereocenters. The van der Waals surface area contributed by atoms with Gasteiger partial charge in [0.15, 0.2) is 0 Å². The highest BCUT2D eigenvalue weighted by Gasteiger charge is 2.28. The Bertz CT molecular complexity index is 512. The highest BCUT2D eigenvalue weighted by Crippen LogP contribution is 2.25. The molecule has 1 aliphatic rings. The van der Waals surface area contributed by atoms with Gasteiger partial charge in [0.2, 0.25) is 0 Å². The highest BCUT2D eigenvalue weighted by atomic mass is 32.2. The zero-order valence-corrected chi connectivity index (χ0v) is 12.3. The molecule has 0 aromatic carbocycles. The lowest BCUT2D eigenvalue weighted by Gasteiger charge is -2.24. The Labute approximate surface area is 112 Å². The van der Waals surface area contributed by atoms with Crippen LogP contribution in [0.4, 0.5) is 5.69 Å². The van der Waals surface area contributed by atoms with Gasteiger partial charge >= 0.3 is 0 Å². The molecule has 2 rings (SSSR count). The van der Waals surface area contributed by atoms with Crippen molar-refractivity contribution >= 4 is 27.0 Å². The number of nitrogens with two attached hydrogens (primary N) is 1. The first-order chi connectivity index (χ1) is 8.41. The zero-order chi connectivity index (χ0) is 13.3. The maximum absolute atomic E-state index is 12.3. The van der Waals surface area contributed by atoms with Crippen LogP contribution in [0.5, 0.6) is 0 Å². The summed E-state index contributed by atoms with van der Waals surface area (Å²) in [5.74, 6) is 0. The van der Waals surface area contributed by atoms with Crippen molar-refractivity contribution < 1.29 is 8.42 Å². The van der Waals surface area contributed by atoms with Crippen molar-refractivity contribution in [2.75, 3.05) is 32.9 Å². The van der Waals surface area contributed by atoms with Crippen LogP contribution in [0, 0.1) is 0 Å². The second kappa shape index (κ2) is 5.16. The van der Waals surface area contributed by atoms with Crippen molar-refractivity contribution in [1.82, 2.24) is 9.21 Å². The molecule has 1 fully saturated rings. The van der Waals surface area contributed by atoms with E-state index in [9.17, 15) is 8.42 Å². The van der Waals surface area contributed by atoms with Gasteiger partial charge in [-0.25, -0.2) is 8.42 Å². The summed E-state index contributed by atoms with van der Waals surface area (Å²) in [7, 11) is 0.295. The minimum Gasteiger partial charge on any atom is -0.398 e. The molecule has 0 saturated carbocycles. The highest BCUT2D eigenvalue weighted by molar-refractivity contribution is 7.91. The second-order valence-corrected chi connectivity index (χ2v) is 7.94. The molecule has 2 heterocycles. The Morgan fingerprint density at radius 3 is 2.83 bits per heavy atom. The molecule has 0 bridgehead atoms. The molecule has 5 nitrogen and oxygen atoms in total. The van der Waals surface area contributed by atoms with Crippen LogP contribution >= 0.6 is 11.3 Å². The predicted octanol–water partition coefficient (Wildman–Crippen LogP) is 1.05. The van der Waals surface area contributed by atoms with Gasteiger partial charge in [-0.1, -0.05) is 0 Å². The monoisotopic (exact) mass is 289 g/mol. The summed E-state index contributed by atoms with van der Waals surface area (Å²) in [5, 5.41) is 1.66. The van der Waals surface area contributed by atoms with Crippen LogP contribution in [0.15, 0.2) is 15.7 Å².